The molecular weight excluding hydrogens is 278 g/mol. The van der Waals surface area contributed by atoms with Crippen LogP contribution in [0.15, 0.2) is 24.3 Å². The molecule has 1 aliphatic heterocycles. The fourth-order valence-electron chi connectivity index (χ4n) is 3.07. The van der Waals surface area contributed by atoms with Crippen LogP contribution in [0.1, 0.15) is 24.0 Å². The molecule has 22 heavy (non-hydrogen) atoms. The molecule has 1 atom stereocenters. The van der Waals surface area contributed by atoms with Gasteiger partial charge in [0, 0.05) is 18.7 Å². The van der Waals surface area contributed by atoms with E-state index in [2.05, 4.69) is 10.2 Å². The van der Waals surface area contributed by atoms with E-state index in [0.717, 1.165) is 41.9 Å². The molecule has 0 saturated carbocycles. The van der Waals surface area contributed by atoms with Gasteiger partial charge < -0.3 is 15.1 Å². The Morgan fingerprint density at radius 2 is 2.00 bits per heavy atom. The van der Waals surface area contributed by atoms with Gasteiger partial charge in [-0.3, -0.25) is 0 Å². The zero-order valence-electron chi connectivity index (χ0n) is 13.0. The second-order valence-corrected chi connectivity index (χ2v) is 5.99. The summed E-state index contributed by atoms with van der Waals surface area (Å²) < 4.78 is 0. The van der Waals surface area contributed by atoms with E-state index in [4.69, 9.17) is 0 Å². The highest BCUT2D eigenvalue weighted by Gasteiger charge is 2.19. The molecule has 0 bridgehead atoms. The molecule has 2 aromatic rings. The van der Waals surface area contributed by atoms with Crippen LogP contribution in [0.25, 0.3) is 11.3 Å². The number of aromatic hydroxyl groups is 1. The lowest BCUT2D eigenvalue weighted by Gasteiger charge is -2.30. The summed E-state index contributed by atoms with van der Waals surface area (Å²) in [7, 11) is 0. The molecule has 2 N–H and O–H groups in total. The average molecular weight is 299 g/mol. The smallest absolute Gasteiger partial charge is 0.151 e. The Hall–Kier alpha value is -2.14. The molecule has 5 heteroatoms. The topological polar surface area (TPSA) is 69.5 Å². The first-order valence-electron chi connectivity index (χ1n) is 7.62. The van der Waals surface area contributed by atoms with E-state index < -0.39 is 0 Å². The minimum atomic E-state index is -0.293. The van der Waals surface area contributed by atoms with Crippen molar-refractivity contribution in [3.05, 3.63) is 35.4 Å². The molecule has 1 aromatic heterocycles. The molecule has 3 rings (SSSR count). The largest absolute Gasteiger partial charge is 0.507 e. The third kappa shape index (κ3) is 2.90. The number of anilines is 1. The van der Waals surface area contributed by atoms with E-state index in [1.54, 1.807) is 6.07 Å². The van der Waals surface area contributed by atoms with Crippen molar-refractivity contribution in [1.82, 2.24) is 10.2 Å². The SMILES string of the molecule is Cc1cc(C)c(-c2ccc(N3CCC[C@H](O)C3)nn2)c(O)c1. The van der Waals surface area contributed by atoms with Crippen LogP contribution in [-0.2, 0) is 0 Å². The number of piperidine rings is 1. The molecule has 5 nitrogen and oxygen atoms in total. The third-order valence-corrected chi connectivity index (χ3v) is 4.09. The molecule has 0 spiro atoms. The van der Waals surface area contributed by atoms with E-state index in [0.29, 0.717) is 12.2 Å². The second-order valence-electron chi connectivity index (χ2n) is 5.99. The van der Waals surface area contributed by atoms with Crippen LogP contribution >= 0.6 is 0 Å². The van der Waals surface area contributed by atoms with Crippen LogP contribution in [0.2, 0.25) is 0 Å². The lowest BCUT2D eigenvalue weighted by molar-refractivity contribution is 0.154. The number of aliphatic hydroxyl groups excluding tert-OH is 1. The number of β-amino-alcohol motifs (C(OH)–C–C–N with tert-alkyl or cyclic N) is 1. The Morgan fingerprint density at radius 1 is 1.18 bits per heavy atom. The van der Waals surface area contributed by atoms with Crippen LogP contribution in [0, 0.1) is 13.8 Å². The molecular formula is C17H21N3O2. The van der Waals surface area contributed by atoms with Crippen molar-refractivity contribution in [1.29, 1.82) is 0 Å². The fourth-order valence-corrected chi connectivity index (χ4v) is 3.07. The van der Waals surface area contributed by atoms with Gasteiger partial charge in [0.05, 0.1) is 11.8 Å². The number of hydrogen-bond acceptors (Lipinski definition) is 5. The number of aromatic nitrogens is 2. The number of hydrogen-bond donors (Lipinski definition) is 2. The number of phenols is 1. The van der Waals surface area contributed by atoms with E-state index in [9.17, 15) is 10.2 Å². The molecule has 0 unspecified atom stereocenters. The predicted molar refractivity (Wildman–Crippen MR) is 86.1 cm³/mol. The predicted octanol–water partition coefficient (Wildman–Crippen LogP) is 2.43. The minimum Gasteiger partial charge on any atom is -0.507 e. The molecule has 1 aliphatic rings. The van der Waals surface area contributed by atoms with Crippen molar-refractivity contribution >= 4 is 5.82 Å². The fraction of sp³-hybridized carbons (Fsp3) is 0.412. The second kappa shape index (κ2) is 5.93. The first-order chi connectivity index (χ1) is 10.5. The van der Waals surface area contributed by atoms with Gasteiger partial charge in [0.15, 0.2) is 5.82 Å². The van der Waals surface area contributed by atoms with Gasteiger partial charge in [0.25, 0.3) is 0 Å². The first kappa shape index (κ1) is 14.8. The molecule has 1 aromatic carbocycles. The molecule has 0 radical (unpaired) electrons. The van der Waals surface area contributed by atoms with E-state index >= 15 is 0 Å². The van der Waals surface area contributed by atoms with Gasteiger partial charge in [0.2, 0.25) is 0 Å². The summed E-state index contributed by atoms with van der Waals surface area (Å²) in [5.41, 5.74) is 3.39. The molecule has 1 fully saturated rings. The monoisotopic (exact) mass is 299 g/mol. The highest BCUT2D eigenvalue weighted by molar-refractivity contribution is 5.71. The van der Waals surface area contributed by atoms with Crippen LogP contribution in [0.3, 0.4) is 0 Å². The van der Waals surface area contributed by atoms with Crippen LogP contribution < -0.4 is 4.90 Å². The van der Waals surface area contributed by atoms with Crippen molar-refractivity contribution in [2.24, 2.45) is 0 Å². The summed E-state index contributed by atoms with van der Waals surface area (Å²) in [4.78, 5) is 2.05. The van der Waals surface area contributed by atoms with Crippen molar-refractivity contribution < 1.29 is 10.2 Å². The Balaban J connectivity index is 1.89. The molecule has 0 aliphatic carbocycles. The van der Waals surface area contributed by atoms with Gasteiger partial charge in [0.1, 0.15) is 5.75 Å². The Kier molecular flexibility index (Phi) is 3.98. The zero-order valence-corrected chi connectivity index (χ0v) is 13.0. The van der Waals surface area contributed by atoms with E-state index in [-0.39, 0.29) is 11.9 Å². The number of rotatable bonds is 2. The van der Waals surface area contributed by atoms with E-state index in [1.165, 1.54) is 0 Å². The Morgan fingerprint density at radius 3 is 2.64 bits per heavy atom. The number of aryl methyl sites for hydroxylation is 2. The minimum absolute atomic E-state index is 0.230. The highest BCUT2D eigenvalue weighted by atomic mass is 16.3. The summed E-state index contributed by atoms with van der Waals surface area (Å²) in [6, 6.07) is 7.53. The van der Waals surface area contributed by atoms with Crippen LogP contribution in [0.4, 0.5) is 5.82 Å². The maximum absolute atomic E-state index is 10.2. The van der Waals surface area contributed by atoms with Crippen molar-refractivity contribution in [3.63, 3.8) is 0 Å². The summed E-state index contributed by atoms with van der Waals surface area (Å²) >= 11 is 0. The molecule has 2 heterocycles. The average Bonchev–Trinajstić information content (AvgIpc) is 2.47. The van der Waals surface area contributed by atoms with Crippen molar-refractivity contribution in [2.45, 2.75) is 32.8 Å². The molecule has 0 amide bonds. The lowest BCUT2D eigenvalue weighted by atomic mass is 10.0. The number of nitrogens with zero attached hydrogens (tertiary/aromatic N) is 3. The van der Waals surface area contributed by atoms with Crippen molar-refractivity contribution in [2.75, 3.05) is 18.0 Å². The maximum Gasteiger partial charge on any atom is 0.151 e. The van der Waals surface area contributed by atoms with Gasteiger partial charge in [-0.1, -0.05) is 6.07 Å². The number of phenolic OH excluding ortho intramolecular Hbond substituents is 1. The standard InChI is InChI=1S/C17H21N3O2/c1-11-8-12(2)17(15(22)9-11)14-5-6-16(19-18-14)20-7-3-4-13(21)10-20/h5-6,8-9,13,21-22H,3-4,7,10H2,1-2H3/t13-/m0/s1. The molecule has 1 saturated heterocycles. The number of benzene rings is 1. The Labute approximate surface area is 130 Å². The van der Waals surface area contributed by atoms with Gasteiger partial charge in [-0.05, 0) is 56.0 Å². The number of aliphatic hydroxyl groups is 1. The quantitative estimate of drug-likeness (QED) is 0.891. The van der Waals surface area contributed by atoms with Gasteiger partial charge in [-0.15, -0.1) is 10.2 Å². The summed E-state index contributed by atoms with van der Waals surface area (Å²) in [5.74, 6) is 1.000. The lowest BCUT2D eigenvalue weighted by Crippen LogP contribution is -2.38. The van der Waals surface area contributed by atoms with Gasteiger partial charge in [-0.25, -0.2) is 0 Å². The Bertz CT molecular complexity index is 647. The van der Waals surface area contributed by atoms with E-state index in [1.807, 2.05) is 36.9 Å². The van der Waals surface area contributed by atoms with Crippen LogP contribution in [-0.4, -0.2) is 39.6 Å². The zero-order chi connectivity index (χ0) is 15.7. The summed E-state index contributed by atoms with van der Waals surface area (Å²) in [6.45, 7) is 5.40. The molecule has 116 valence electrons. The summed E-state index contributed by atoms with van der Waals surface area (Å²) in [6.07, 6.45) is 1.51. The van der Waals surface area contributed by atoms with Crippen LogP contribution in [0.5, 0.6) is 5.75 Å². The van der Waals surface area contributed by atoms with Gasteiger partial charge >= 0.3 is 0 Å². The highest BCUT2D eigenvalue weighted by Crippen LogP contribution is 2.32. The van der Waals surface area contributed by atoms with Crippen molar-refractivity contribution in [3.8, 4) is 17.0 Å². The third-order valence-electron chi connectivity index (χ3n) is 4.09. The van der Waals surface area contributed by atoms with Gasteiger partial charge in [-0.2, -0.15) is 0 Å². The summed E-state index contributed by atoms with van der Waals surface area (Å²) in [5, 5.41) is 28.5. The first-order valence-corrected chi connectivity index (χ1v) is 7.62. The maximum atomic E-state index is 10.2. The normalized spacial score (nSPS) is 18.5.